The Morgan fingerprint density at radius 3 is 2.70 bits per heavy atom. The molecule has 20 heavy (non-hydrogen) atoms. The van der Waals surface area contributed by atoms with E-state index in [0.29, 0.717) is 19.1 Å². The Labute approximate surface area is 116 Å². The smallest absolute Gasteiger partial charge is 0.416 e. The molecule has 0 atom stereocenters. The summed E-state index contributed by atoms with van der Waals surface area (Å²) in [4.78, 5) is 4.07. The number of rotatable bonds is 7. The maximum Gasteiger partial charge on any atom is 0.416 e. The van der Waals surface area contributed by atoms with Crippen molar-refractivity contribution in [2.24, 2.45) is 5.92 Å². The summed E-state index contributed by atoms with van der Waals surface area (Å²) in [5.41, 5.74) is -0.729. The Bertz CT molecular complexity index is 445. The van der Waals surface area contributed by atoms with Crippen LogP contribution in [-0.2, 0) is 6.18 Å². The third-order valence-electron chi connectivity index (χ3n) is 3.16. The first-order valence-corrected chi connectivity index (χ1v) is 6.95. The summed E-state index contributed by atoms with van der Waals surface area (Å²) in [7, 11) is 0. The summed E-state index contributed by atoms with van der Waals surface area (Å²) in [6.07, 6.45) is -0.295. The predicted molar refractivity (Wildman–Crippen MR) is 70.9 cm³/mol. The molecule has 1 saturated carbocycles. The second kappa shape index (κ2) is 6.33. The molecular formula is C14H19F3N2O. The standard InChI is InChI=1S/C14H19F3N2O/c1-2-6-18-12-8-11(14(15,16)17)9-13(19-12)20-7-5-10-3-4-10/h8-10H,2-7H2,1H3,(H,18,19). The van der Waals surface area contributed by atoms with Crippen LogP contribution in [-0.4, -0.2) is 18.1 Å². The number of anilines is 1. The van der Waals surface area contributed by atoms with Crippen molar-refractivity contribution in [1.29, 1.82) is 0 Å². The lowest BCUT2D eigenvalue weighted by Gasteiger charge is -2.13. The van der Waals surface area contributed by atoms with E-state index in [2.05, 4.69) is 10.3 Å². The minimum Gasteiger partial charge on any atom is -0.478 e. The molecule has 2 rings (SSSR count). The molecule has 112 valence electrons. The third kappa shape index (κ3) is 4.58. The number of aromatic nitrogens is 1. The van der Waals surface area contributed by atoms with E-state index in [0.717, 1.165) is 25.0 Å². The summed E-state index contributed by atoms with van der Waals surface area (Å²) in [5, 5.41) is 2.87. The van der Waals surface area contributed by atoms with Gasteiger partial charge in [-0.3, -0.25) is 0 Å². The van der Waals surface area contributed by atoms with Gasteiger partial charge < -0.3 is 10.1 Å². The van der Waals surface area contributed by atoms with Crippen molar-refractivity contribution in [2.75, 3.05) is 18.5 Å². The zero-order valence-corrected chi connectivity index (χ0v) is 11.5. The van der Waals surface area contributed by atoms with Gasteiger partial charge in [0.25, 0.3) is 0 Å². The van der Waals surface area contributed by atoms with Crippen LogP contribution in [0.25, 0.3) is 0 Å². The highest BCUT2D eigenvalue weighted by Gasteiger charge is 2.32. The van der Waals surface area contributed by atoms with Crippen molar-refractivity contribution in [3.63, 3.8) is 0 Å². The van der Waals surface area contributed by atoms with E-state index in [9.17, 15) is 13.2 Å². The molecule has 6 heteroatoms. The van der Waals surface area contributed by atoms with E-state index in [1.807, 2.05) is 6.92 Å². The van der Waals surface area contributed by atoms with Crippen LogP contribution >= 0.6 is 0 Å². The molecule has 1 heterocycles. The first-order chi connectivity index (χ1) is 9.49. The van der Waals surface area contributed by atoms with Crippen LogP contribution in [0.1, 0.15) is 38.2 Å². The van der Waals surface area contributed by atoms with Crippen LogP contribution in [0.15, 0.2) is 12.1 Å². The Morgan fingerprint density at radius 1 is 1.35 bits per heavy atom. The number of hydrogen-bond donors (Lipinski definition) is 1. The van der Waals surface area contributed by atoms with E-state index in [4.69, 9.17) is 4.74 Å². The number of halogens is 3. The average molecular weight is 288 g/mol. The van der Waals surface area contributed by atoms with Gasteiger partial charge in [0.2, 0.25) is 5.88 Å². The van der Waals surface area contributed by atoms with Crippen molar-refractivity contribution >= 4 is 5.82 Å². The fraction of sp³-hybridized carbons (Fsp3) is 0.643. The number of alkyl halides is 3. The second-order valence-corrected chi connectivity index (χ2v) is 5.08. The van der Waals surface area contributed by atoms with Gasteiger partial charge in [-0.2, -0.15) is 18.2 Å². The molecule has 1 aliphatic rings. The fourth-order valence-electron chi connectivity index (χ4n) is 1.82. The maximum atomic E-state index is 12.8. The van der Waals surface area contributed by atoms with Gasteiger partial charge >= 0.3 is 6.18 Å². The van der Waals surface area contributed by atoms with Crippen molar-refractivity contribution < 1.29 is 17.9 Å². The number of nitrogens with zero attached hydrogens (tertiary/aromatic N) is 1. The molecule has 0 unspecified atom stereocenters. The van der Waals surface area contributed by atoms with E-state index < -0.39 is 11.7 Å². The van der Waals surface area contributed by atoms with Gasteiger partial charge in [-0.05, 0) is 24.8 Å². The minimum atomic E-state index is -4.39. The quantitative estimate of drug-likeness (QED) is 0.820. The minimum absolute atomic E-state index is 0.0408. The monoisotopic (exact) mass is 288 g/mol. The maximum absolute atomic E-state index is 12.8. The van der Waals surface area contributed by atoms with Crippen LogP contribution < -0.4 is 10.1 Å². The summed E-state index contributed by atoms with van der Waals surface area (Å²) < 4.78 is 43.8. The molecule has 0 spiro atoms. The molecule has 3 nitrogen and oxygen atoms in total. The molecule has 0 aromatic carbocycles. The number of pyridine rings is 1. The van der Waals surface area contributed by atoms with Crippen LogP contribution in [0, 0.1) is 5.92 Å². The van der Waals surface area contributed by atoms with Gasteiger partial charge in [-0.1, -0.05) is 19.8 Å². The van der Waals surface area contributed by atoms with Crippen LogP contribution in [0.2, 0.25) is 0 Å². The van der Waals surface area contributed by atoms with Crippen molar-refractivity contribution in [3.8, 4) is 5.88 Å². The number of hydrogen-bond acceptors (Lipinski definition) is 3. The summed E-state index contributed by atoms with van der Waals surface area (Å²) >= 11 is 0. The van der Waals surface area contributed by atoms with E-state index in [-0.39, 0.29) is 11.7 Å². The average Bonchev–Trinajstić information content (AvgIpc) is 3.19. The zero-order chi connectivity index (χ0) is 14.6. The van der Waals surface area contributed by atoms with Gasteiger partial charge in [-0.15, -0.1) is 0 Å². The van der Waals surface area contributed by atoms with Gasteiger partial charge in [0, 0.05) is 12.6 Å². The summed E-state index contributed by atoms with van der Waals surface area (Å²) in [6, 6.07) is 1.98. The topological polar surface area (TPSA) is 34.1 Å². The summed E-state index contributed by atoms with van der Waals surface area (Å²) in [6.45, 7) is 2.94. The largest absolute Gasteiger partial charge is 0.478 e. The lowest BCUT2D eigenvalue weighted by Crippen LogP contribution is -2.10. The third-order valence-corrected chi connectivity index (χ3v) is 3.16. The molecule has 1 aromatic rings. The lowest BCUT2D eigenvalue weighted by molar-refractivity contribution is -0.137. The molecule has 0 bridgehead atoms. The summed E-state index contributed by atoms with van der Waals surface area (Å²) in [5.74, 6) is 0.931. The highest BCUT2D eigenvalue weighted by atomic mass is 19.4. The van der Waals surface area contributed by atoms with Crippen LogP contribution in [0.5, 0.6) is 5.88 Å². The van der Waals surface area contributed by atoms with Gasteiger partial charge in [0.1, 0.15) is 5.82 Å². The molecule has 0 amide bonds. The van der Waals surface area contributed by atoms with Gasteiger partial charge in [-0.25, -0.2) is 0 Å². The molecule has 1 fully saturated rings. The van der Waals surface area contributed by atoms with Crippen molar-refractivity contribution in [3.05, 3.63) is 17.7 Å². The lowest BCUT2D eigenvalue weighted by atomic mass is 10.2. The molecule has 1 N–H and O–H groups in total. The molecule has 1 aliphatic carbocycles. The van der Waals surface area contributed by atoms with E-state index in [1.165, 1.54) is 12.8 Å². The molecule has 1 aromatic heterocycles. The second-order valence-electron chi connectivity index (χ2n) is 5.08. The normalized spacial score (nSPS) is 15.2. The van der Waals surface area contributed by atoms with Crippen LogP contribution in [0.3, 0.4) is 0 Å². The predicted octanol–water partition coefficient (Wildman–Crippen LogP) is 4.10. The Balaban J connectivity index is 2.06. The zero-order valence-electron chi connectivity index (χ0n) is 11.5. The fourth-order valence-corrected chi connectivity index (χ4v) is 1.82. The van der Waals surface area contributed by atoms with E-state index >= 15 is 0 Å². The highest BCUT2D eigenvalue weighted by Crippen LogP contribution is 2.34. The molecular weight excluding hydrogens is 269 g/mol. The highest BCUT2D eigenvalue weighted by molar-refractivity contribution is 5.42. The Hall–Kier alpha value is -1.46. The van der Waals surface area contributed by atoms with E-state index in [1.54, 1.807) is 0 Å². The molecule has 0 aliphatic heterocycles. The van der Waals surface area contributed by atoms with Crippen molar-refractivity contribution in [2.45, 2.75) is 38.8 Å². The first-order valence-electron chi connectivity index (χ1n) is 6.95. The van der Waals surface area contributed by atoms with Gasteiger partial charge in [0.15, 0.2) is 0 Å². The first kappa shape index (κ1) is 14.9. The number of ether oxygens (including phenoxy) is 1. The Kier molecular flexibility index (Phi) is 4.73. The SMILES string of the molecule is CCCNc1cc(C(F)(F)F)cc(OCCC2CC2)n1. The van der Waals surface area contributed by atoms with Gasteiger partial charge in [0.05, 0.1) is 12.2 Å². The molecule has 0 radical (unpaired) electrons. The Morgan fingerprint density at radius 2 is 2.10 bits per heavy atom. The van der Waals surface area contributed by atoms with Crippen molar-refractivity contribution in [1.82, 2.24) is 4.98 Å². The van der Waals surface area contributed by atoms with Crippen LogP contribution in [0.4, 0.5) is 19.0 Å². The number of nitrogens with one attached hydrogen (secondary N) is 1. The molecule has 0 saturated heterocycles.